The lowest BCUT2D eigenvalue weighted by Crippen LogP contribution is -1.94. The average Bonchev–Trinajstić information content (AvgIpc) is 3.10. The van der Waals surface area contributed by atoms with E-state index in [1.54, 1.807) is 6.08 Å². The van der Waals surface area contributed by atoms with Crippen LogP contribution in [0, 0.1) is 0 Å². The fraction of sp³-hybridized carbons (Fsp3) is 0.600. The maximum absolute atomic E-state index is 11.5. The van der Waals surface area contributed by atoms with Gasteiger partial charge in [0.2, 0.25) is 0 Å². The summed E-state index contributed by atoms with van der Waals surface area (Å²) in [5, 5.41) is 0. The summed E-state index contributed by atoms with van der Waals surface area (Å²) in [7, 11) is -9.91. The van der Waals surface area contributed by atoms with E-state index in [0.29, 0.717) is 0 Å². The highest BCUT2D eigenvalue weighted by Crippen LogP contribution is 2.57. The highest BCUT2D eigenvalue weighted by molar-refractivity contribution is 7.60. The van der Waals surface area contributed by atoms with Crippen LogP contribution in [0.1, 0.15) is 192 Å². The van der Waals surface area contributed by atoms with Gasteiger partial charge in [-0.05, 0) is 192 Å². The predicted molar refractivity (Wildman–Crippen MR) is 255 cm³/mol. The van der Waals surface area contributed by atoms with Crippen molar-refractivity contribution < 1.29 is 32.6 Å². The van der Waals surface area contributed by atoms with Gasteiger partial charge in [-0.25, -0.2) is 9.13 Å². The quantitative estimate of drug-likeness (QED) is 0.0456. The molecule has 0 aromatic rings. The van der Waals surface area contributed by atoms with Gasteiger partial charge in [0.25, 0.3) is 0 Å². The number of rotatable bonds is 32. The van der Waals surface area contributed by atoms with Crippen molar-refractivity contribution in [1.29, 1.82) is 0 Å². The molecule has 0 aliphatic carbocycles. The molecule has 0 saturated heterocycles. The van der Waals surface area contributed by atoms with Crippen LogP contribution in [0.4, 0.5) is 0 Å². The Morgan fingerprint density at radius 3 is 0.763 bits per heavy atom. The van der Waals surface area contributed by atoms with Crippen molar-refractivity contribution >= 4 is 15.6 Å². The van der Waals surface area contributed by atoms with Gasteiger partial charge < -0.3 is 14.7 Å². The smallest absolute Gasteiger partial charge is 0.302 e. The maximum atomic E-state index is 11.5. The molecule has 9 heteroatoms. The van der Waals surface area contributed by atoms with Gasteiger partial charge in [-0.3, -0.25) is 4.52 Å². The Morgan fingerprint density at radius 2 is 0.559 bits per heavy atom. The van der Waals surface area contributed by atoms with Gasteiger partial charge >= 0.3 is 15.6 Å². The predicted octanol–water partition coefficient (Wildman–Crippen LogP) is 16.7. The molecule has 0 aromatic heterocycles. The molecule has 0 heterocycles. The van der Waals surface area contributed by atoms with Gasteiger partial charge in [-0.15, -0.1) is 0 Å². The Labute approximate surface area is 361 Å². The van der Waals surface area contributed by atoms with Gasteiger partial charge in [0.1, 0.15) is 0 Å². The monoisotopic (exact) mass is 859 g/mol. The Kier molecular flexibility index (Phi) is 32.0. The molecule has 336 valence electrons. The van der Waals surface area contributed by atoms with Crippen LogP contribution in [0.2, 0.25) is 0 Å². The van der Waals surface area contributed by atoms with Gasteiger partial charge in [0.05, 0.1) is 6.61 Å². The molecule has 0 spiro atoms. The number of phosphoric acid groups is 2. The Hall–Kier alpha value is -2.34. The van der Waals surface area contributed by atoms with Crippen LogP contribution < -0.4 is 0 Å². The fourth-order valence-electron chi connectivity index (χ4n) is 6.31. The number of phosphoric ester groups is 1. The van der Waals surface area contributed by atoms with Crippen molar-refractivity contribution in [3.8, 4) is 0 Å². The summed E-state index contributed by atoms with van der Waals surface area (Å²) in [5.74, 6) is 0. The molecule has 0 aromatic carbocycles. The standard InChI is InChI=1S/C50H84O7P2/c1-41(2)21-12-22-42(3)23-13-24-43(4)25-14-26-44(5)27-15-28-45(6)29-16-30-46(7)31-17-32-47(8)33-18-34-48(9)35-19-36-49(10)37-20-38-50(11)39-40-56-59(54,55)57-58(51,52)53/h21,23,25,27,29,31,33,35,37,39H,12-20,22,24,26,28,30,32,34,36,38,40H2,1-11H3,(H,54,55)(H2,51,52,53)/b42-23-,43-25-,44-27-,45-29-,46-31-,47-33-,48-35-,49-37-,50-39+. The molecule has 1 unspecified atom stereocenters. The molecule has 0 aliphatic heterocycles. The minimum absolute atomic E-state index is 0.273. The van der Waals surface area contributed by atoms with Crippen LogP contribution in [0.25, 0.3) is 0 Å². The molecular formula is C50H84O7P2. The lowest BCUT2D eigenvalue weighted by Gasteiger charge is -2.11. The second-order valence-corrected chi connectivity index (χ2v) is 19.8. The van der Waals surface area contributed by atoms with Crippen LogP contribution in [0.15, 0.2) is 116 Å². The molecule has 0 amide bonds. The summed E-state index contributed by atoms with van der Waals surface area (Å²) < 4.78 is 30.6. The normalized spacial score (nSPS) is 15.9. The van der Waals surface area contributed by atoms with E-state index < -0.39 is 15.6 Å². The average molecular weight is 859 g/mol. The summed E-state index contributed by atoms with van der Waals surface area (Å²) in [6.07, 6.45) is 42.5. The first-order valence-corrected chi connectivity index (χ1v) is 25.0. The summed E-state index contributed by atoms with van der Waals surface area (Å²) in [5.41, 5.74) is 14.1. The van der Waals surface area contributed by atoms with Crippen molar-refractivity contribution in [3.05, 3.63) is 116 Å². The lowest BCUT2D eigenvalue weighted by atomic mass is 10.0. The van der Waals surface area contributed by atoms with E-state index >= 15 is 0 Å². The van der Waals surface area contributed by atoms with E-state index in [2.05, 4.69) is 133 Å². The first-order valence-electron chi connectivity index (χ1n) is 22.0. The highest BCUT2D eigenvalue weighted by atomic mass is 31.3. The zero-order chi connectivity index (χ0) is 44.7. The van der Waals surface area contributed by atoms with E-state index in [4.69, 9.17) is 9.79 Å². The lowest BCUT2D eigenvalue weighted by molar-refractivity contribution is 0.191. The van der Waals surface area contributed by atoms with Crippen molar-refractivity contribution in [2.75, 3.05) is 6.61 Å². The van der Waals surface area contributed by atoms with Crippen molar-refractivity contribution in [2.24, 2.45) is 0 Å². The third-order valence-electron chi connectivity index (χ3n) is 10.2. The Balaban J connectivity index is 4.30. The van der Waals surface area contributed by atoms with E-state index in [9.17, 15) is 14.0 Å². The zero-order valence-corrected chi connectivity index (χ0v) is 40.9. The molecule has 0 bridgehead atoms. The van der Waals surface area contributed by atoms with Crippen molar-refractivity contribution in [1.82, 2.24) is 0 Å². The van der Waals surface area contributed by atoms with Gasteiger partial charge in [0, 0.05) is 0 Å². The summed E-state index contributed by atoms with van der Waals surface area (Å²) in [4.78, 5) is 26.6. The molecule has 0 radical (unpaired) electrons. The largest absolute Gasteiger partial charge is 0.481 e. The number of allylic oxidation sites excluding steroid dienone is 19. The topological polar surface area (TPSA) is 113 Å². The maximum Gasteiger partial charge on any atom is 0.481 e. The van der Waals surface area contributed by atoms with Gasteiger partial charge in [0.15, 0.2) is 0 Å². The highest BCUT2D eigenvalue weighted by Gasteiger charge is 2.31. The van der Waals surface area contributed by atoms with E-state index in [0.717, 1.165) is 108 Å². The fourth-order valence-corrected chi connectivity index (χ4v) is 7.84. The first kappa shape index (κ1) is 56.7. The number of hydrogen-bond acceptors (Lipinski definition) is 4. The third kappa shape index (κ3) is 38.3. The molecule has 1 atom stereocenters. The van der Waals surface area contributed by atoms with Crippen LogP contribution in [-0.4, -0.2) is 21.3 Å². The SMILES string of the molecule is CC(C)=CCC/C(C)=C\CC/C(C)=C\CC/C(C)=C\CC/C(C)=C\CC/C(C)=C\CC/C(C)=C\CC/C(C)=C\CC/C(C)=C\CC/C(C)=C/COP(=O)(O)OP(=O)(O)O. The molecule has 7 nitrogen and oxygen atoms in total. The molecule has 0 fully saturated rings. The van der Waals surface area contributed by atoms with Crippen LogP contribution in [0.5, 0.6) is 0 Å². The van der Waals surface area contributed by atoms with E-state index in [1.807, 2.05) is 6.92 Å². The summed E-state index contributed by atoms with van der Waals surface area (Å²) in [6.45, 7) is 23.9. The molecule has 59 heavy (non-hydrogen) atoms. The molecule has 3 N–H and O–H groups in total. The second kappa shape index (κ2) is 33.3. The first-order chi connectivity index (χ1) is 27.7. The third-order valence-corrected chi connectivity index (χ3v) is 12.4. The van der Waals surface area contributed by atoms with E-state index in [1.165, 1.54) is 63.0 Å². The summed E-state index contributed by atoms with van der Waals surface area (Å²) >= 11 is 0. The molecule has 0 saturated carbocycles. The molecular weight excluding hydrogens is 774 g/mol. The van der Waals surface area contributed by atoms with Crippen LogP contribution in [0.3, 0.4) is 0 Å². The zero-order valence-electron chi connectivity index (χ0n) is 39.1. The van der Waals surface area contributed by atoms with Gasteiger partial charge in [-0.1, -0.05) is 116 Å². The van der Waals surface area contributed by atoms with Crippen molar-refractivity contribution in [3.63, 3.8) is 0 Å². The van der Waals surface area contributed by atoms with E-state index in [-0.39, 0.29) is 6.61 Å². The van der Waals surface area contributed by atoms with Crippen molar-refractivity contribution in [2.45, 2.75) is 192 Å². The number of hydrogen-bond donors (Lipinski definition) is 3. The minimum Gasteiger partial charge on any atom is -0.302 e. The summed E-state index contributed by atoms with van der Waals surface area (Å²) in [6, 6.07) is 0. The van der Waals surface area contributed by atoms with Crippen LogP contribution in [-0.2, 0) is 18.0 Å². The van der Waals surface area contributed by atoms with Gasteiger partial charge in [-0.2, -0.15) is 4.31 Å². The molecule has 0 rings (SSSR count). The molecule has 0 aliphatic rings. The minimum atomic E-state index is -5.11. The Bertz CT molecular complexity index is 1640. The Morgan fingerprint density at radius 1 is 0.356 bits per heavy atom. The van der Waals surface area contributed by atoms with Crippen LogP contribution >= 0.6 is 15.6 Å². The second-order valence-electron chi connectivity index (χ2n) is 16.9.